The highest BCUT2D eigenvalue weighted by Crippen LogP contribution is 2.40. The minimum absolute atomic E-state index is 0.0361. The molecule has 0 spiro atoms. The van der Waals surface area contributed by atoms with Crippen LogP contribution < -0.4 is 0 Å². The third-order valence-electron chi connectivity index (χ3n) is 5.18. The number of methoxy groups -OCH3 is 1. The van der Waals surface area contributed by atoms with Crippen LogP contribution in [0.2, 0.25) is 0 Å². The molecule has 0 radical (unpaired) electrons. The van der Waals surface area contributed by atoms with Gasteiger partial charge in [0.2, 0.25) is 5.91 Å². The van der Waals surface area contributed by atoms with Gasteiger partial charge in [-0.2, -0.15) is 0 Å². The summed E-state index contributed by atoms with van der Waals surface area (Å²) in [5, 5.41) is 2.13. The molecule has 1 fully saturated rings. The summed E-state index contributed by atoms with van der Waals surface area (Å²) in [6.07, 6.45) is 5.23. The van der Waals surface area contributed by atoms with Gasteiger partial charge in [-0.1, -0.05) is 0 Å². The third kappa shape index (κ3) is 2.80. The molecule has 3 heterocycles. The first-order valence-corrected chi connectivity index (χ1v) is 9.60. The molecule has 0 saturated carbocycles. The maximum Gasteiger partial charge on any atom is 0.230 e. The van der Waals surface area contributed by atoms with Gasteiger partial charge in [-0.05, 0) is 61.2 Å². The summed E-state index contributed by atoms with van der Waals surface area (Å²) in [5.74, 6) is 2.04. The highest BCUT2D eigenvalue weighted by Gasteiger charge is 2.37. The normalized spacial score (nSPS) is 23.5. The second-order valence-electron chi connectivity index (χ2n) is 6.67. The van der Waals surface area contributed by atoms with Gasteiger partial charge in [-0.25, -0.2) is 0 Å². The molecule has 128 valence electrons. The molecule has 5 heteroatoms. The van der Waals surface area contributed by atoms with E-state index in [1.54, 1.807) is 18.4 Å². The van der Waals surface area contributed by atoms with Gasteiger partial charge in [0, 0.05) is 18.5 Å². The number of fused-ring (bicyclic) bond motifs is 1. The summed E-state index contributed by atoms with van der Waals surface area (Å²) in [7, 11) is 1.66. The fourth-order valence-corrected chi connectivity index (χ4v) is 5.05. The van der Waals surface area contributed by atoms with Crippen LogP contribution in [0.25, 0.3) is 0 Å². The van der Waals surface area contributed by atoms with Crippen LogP contribution in [0.4, 0.5) is 0 Å². The molecule has 4 nitrogen and oxygen atoms in total. The van der Waals surface area contributed by atoms with E-state index in [0.29, 0.717) is 6.61 Å². The Hall–Kier alpha value is -1.59. The van der Waals surface area contributed by atoms with Gasteiger partial charge in [-0.3, -0.25) is 4.79 Å². The van der Waals surface area contributed by atoms with Gasteiger partial charge in [0.25, 0.3) is 0 Å². The van der Waals surface area contributed by atoms with Crippen molar-refractivity contribution >= 4 is 17.2 Å². The predicted octanol–water partition coefficient (Wildman–Crippen LogP) is 4.27. The zero-order chi connectivity index (χ0) is 16.5. The predicted molar refractivity (Wildman–Crippen MR) is 93.1 cm³/mol. The second kappa shape index (κ2) is 6.73. The fraction of sp³-hybridized carbons (Fsp3) is 0.526. The first-order valence-electron chi connectivity index (χ1n) is 8.72. The van der Waals surface area contributed by atoms with Gasteiger partial charge in [0.05, 0.1) is 12.0 Å². The maximum absolute atomic E-state index is 13.2. The summed E-state index contributed by atoms with van der Waals surface area (Å²) in [6.45, 7) is 1.31. The number of carbonyl (C=O) groups is 1. The molecule has 0 bridgehead atoms. The number of hydrogen-bond acceptors (Lipinski definition) is 4. The molecule has 2 aromatic rings. The van der Waals surface area contributed by atoms with Crippen molar-refractivity contribution in [2.75, 3.05) is 13.7 Å². The van der Waals surface area contributed by atoms with E-state index >= 15 is 0 Å². The Balaban J connectivity index is 1.55. The monoisotopic (exact) mass is 345 g/mol. The quantitative estimate of drug-likeness (QED) is 0.831. The van der Waals surface area contributed by atoms with E-state index in [0.717, 1.165) is 50.2 Å². The van der Waals surface area contributed by atoms with Crippen molar-refractivity contribution < 1.29 is 13.9 Å². The van der Waals surface area contributed by atoms with E-state index in [1.807, 2.05) is 17.0 Å². The number of thiophene rings is 1. The molecule has 0 unspecified atom stereocenters. The third-order valence-corrected chi connectivity index (χ3v) is 6.18. The lowest BCUT2D eigenvalue weighted by atomic mass is 9.86. The molecule has 2 aliphatic rings. The molecule has 4 rings (SSSR count). The van der Waals surface area contributed by atoms with Crippen molar-refractivity contribution in [3.05, 3.63) is 45.5 Å². The van der Waals surface area contributed by atoms with Crippen LogP contribution >= 0.6 is 11.3 Å². The van der Waals surface area contributed by atoms with Gasteiger partial charge in [0.15, 0.2) is 0 Å². The highest BCUT2D eigenvalue weighted by molar-refractivity contribution is 7.10. The van der Waals surface area contributed by atoms with Crippen LogP contribution in [0.5, 0.6) is 0 Å². The maximum atomic E-state index is 13.2. The average molecular weight is 345 g/mol. The number of nitrogens with zero attached hydrogens (tertiary/aromatic N) is 1. The van der Waals surface area contributed by atoms with Crippen molar-refractivity contribution in [1.29, 1.82) is 0 Å². The van der Waals surface area contributed by atoms with Crippen molar-refractivity contribution in [2.45, 2.75) is 50.7 Å². The molecule has 24 heavy (non-hydrogen) atoms. The van der Waals surface area contributed by atoms with Gasteiger partial charge in [0.1, 0.15) is 18.1 Å². The van der Waals surface area contributed by atoms with Crippen molar-refractivity contribution in [3.63, 3.8) is 0 Å². The Bertz CT molecular complexity index is 720. The lowest BCUT2D eigenvalue weighted by Crippen LogP contribution is -2.35. The lowest BCUT2D eigenvalue weighted by Gasteiger charge is -2.30. The van der Waals surface area contributed by atoms with Crippen LogP contribution in [0.1, 0.15) is 59.6 Å². The molecule has 1 amide bonds. The summed E-state index contributed by atoms with van der Waals surface area (Å²) in [6, 6.07) is 6.18. The van der Waals surface area contributed by atoms with Crippen molar-refractivity contribution in [1.82, 2.24) is 4.90 Å². The first kappa shape index (κ1) is 15.9. The van der Waals surface area contributed by atoms with Crippen molar-refractivity contribution in [3.8, 4) is 0 Å². The van der Waals surface area contributed by atoms with Gasteiger partial charge in [-0.15, -0.1) is 11.3 Å². The summed E-state index contributed by atoms with van der Waals surface area (Å²) < 4.78 is 11.0. The Morgan fingerprint density at radius 2 is 2.25 bits per heavy atom. The minimum atomic E-state index is 0.0361. The molecule has 1 aliphatic heterocycles. The zero-order valence-electron chi connectivity index (χ0n) is 14.0. The van der Waals surface area contributed by atoms with Gasteiger partial charge < -0.3 is 14.1 Å². The Morgan fingerprint density at radius 1 is 1.33 bits per heavy atom. The molecular formula is C19H23NO3S. The number of likely N-dealkylation sites (tertiary alicyclic amines) is 1. The Morgan fingerprint density at radius 3 is 3.12 bits per heavy atom. The van der Waals surface area contributed by atoms with Crippen LogP contribution in [0.3, 0.4) is 0 Å². The molecule has 1 saturated heterocycles. The lowest BCUT2D eigenvalue weighted by molar-refractivity contribution is -0.134. The first-order chi connectivity index (χ1) is 11.8. The van der Waals surface area contributed by atoms with E-state index < -0.39 is 0 Å². The van der Waals surface area contributed by atoms with E-state index in [9.17, 15) is 4.79 Å². The number of furan rings is 1. The zero-order valence-corrected chi connectivity index (χ0v) is 14.8. The Kier molecular flexibility index (Phi) is 4.46. The largest absolute Gasteiger partial charge is 0.461 e. The standard InChI is InChI=1S/C19H23NO3S/c1-22-12-13-7-8-17(23-13)16-5-3-10-20(16)19(21)15-4-2-6-18-14(15)9-11-24-18/h7-9,11,15-16H,2-6,10,12H2,1H3/t15-,16-/m0/s1. The molecule has 0 aromatic carbocycles. The molecule has 2 atom stereocenters. The summed E-state index contributed by atoms with van der Waals surface area (Å²) in [5.41, 5.74) is 1.27. The number of carbonyl (C=O) groups excluding carboxylic acids is 1. The molecule has 0 N–H and O–H groups in total. The number of aryl methyl sites for hydroxylation is 1. The van der Waals surface area contributed by atoms with Crippen LogP contribution in [0.15, 0.2) is 28.0 Å². The van der Waals surface area contributed by atoms with Crippen LogP contribution in [0, 0.1) is 0 Å². The SMILES string of the molecule is COCc1ccc([C@@H]2CCCN2C(=O)[C@H]2CCCc3sccc32)o1. The molecular weight excluding hydrogens is 322 g/mol. The number of amides is 1. The minimum Gasteiger partial charge on any atom is -0.461 e. The van der Waals surface area contributed by atoms with Crippen molar-refractivity contribution in [2.24, 2.45) is 0 Å². The second-order valence-corrected chi connectivity index (χ2v) is 7.67. The average Bonchev–Trinajstić information content (AvgIpc) is 3.33. The summed E-state index contributed by atoms with van der Waals surface area (Å²) >= 11 is 1.79. The van der Waals surface area contributed by atoms with Crippen LogP contribution in [-0.4, -0.2) is 24.5 Å². The number of hydrogen-bond donors (Lipinski definition) is 0. The number of rotatable bonds is 4. The van der Waals surface area contributed by atoms with E-state index in [4.69, 9.17) is 9.15 Å². The van der Waals surface area contributed by atoms with Crippen LogP contribution in [-0.2, 0) is 22.6 Å². The van der Waals surface area contributed by atoms with E-state index in [2.05, 4.69) is 11.4 Å². The Labute approximate surface area is 146 Å². The molecule has 2 aromatic heterocycles. The number of ether oxygens (including phenoxy) is 1. The van der Waals surface area contributed by atoms with E-state index in [1.165, 1.54) is 10.4 Å². The molecule has 1 aliphatic carbocycles. The van der Waals surface area contributed by atoms with Gasteiger partial charge >= 0.3 is 0 Å². The van der Waals surface area contributed by atoms with E-state index in [-0.39, 0.29) is 17.9 Å². The smallest absolute Gasteiger partial charge is 0.230 e. The fourth-order valence-electron chi connectivity index (χ4n) is 4.06. The topological polar surface area (TPSA) is 42.7 Å². The highest BCUT2D eigenvalue weighted by atomic mass is 32.1. The summed E-state index contributed by atoms with van der Waals surface area (Å²) in [4.78, 5) is 16.7.